The van der Waals surface area contributed by atoms with Gasteiger partial charge in [-0.3, -0.25) is 4.68 Å². The standard InChI is InChI=1S/C16H29N3/c1-11(2)19-14(5)16(13(4)18-19)17-10-15-8-6-7-12(3)9-15/h11-12,15,17H,6-10H2,1-5H3. The lowest BCUT2D eigenvalue weighted by Gasteiger charge is -2.27. The van der Waals surface area contributed by atoms with E-state index in [9.17, 15) is 0 Å². The monoisotopic (exact) mass is 263 g/mol. The van der Waals surface area contributed by atoms with E-state index in [1.807, 2.05) is 0 Å². The van der Waals surface area contributed by atoms with E-state index in [1.165, 1.54) is 37.1 Å². The molecule has 0 saturated heterocycles. The summed E-state index contributed by atoms with van der Waals surface area (Å²) in [6, 6.07) is 0.434. The van der Waals surface area contributed by atoms with Gasteiger partial charge in [0.2, 0.25) is 0 Å². The summed E-state index contributed by atoms with van der Waals surface area (Å²) in [6.45, 7) is 12.1. The van der Waals surface area contributed by atoms with Crippen molar-refractivity contribution in [2.24, 2.45) is 11.8 Å². The second-order valence-corrected chi connectivity index (χ2v) is 6.60. The zero-order valence-electron chi connectivity index (χ0n) is 13.2. The van der Waals surface area contributed by atoms with Crippen LogP contribution in [0.2, 0.25) is 0 Å². The maximum Gasteiger partial charge on any atom is 0.0828 e. The molecule has 19 heavy (non-hydrogen) atoms. The van der Waals surface area contributed by atoms with Gasteiger partial charge in [0.25, 0.3) is 0 Å². The van der Waals surface area contributed by atoms with E-state index in [1.54, 1.807) is 0 Å². The number of hydrogen-bond acceptors (Lipinski definition) is 2. The van der Waals surface area contributed by atoms with Gasteiger partial charge in [0, 0.05) is 12.6 Å². The van der Waals surface area contributed by atoms with Crippen LogP contribution in [0.4, 0.5) is 5.69 Å². The van der Waals surface area contributed by atoms with Crippen LogP contribution in [0, 0.1) is 25.7 Å². The molecule has 1 aliphatic carbocycles. The SMILES string of the molecule is Cc1nn(C(C)C)c(C)c1NCC1CCCC(C)C1. The van der Waals surface area contributed by atoms with E-state index in [4.69, 9.17) is 0 Å². The van der Waals surface area contributed by atoms with Crippen molar-refractivity contribution in [3.8, 4) is 0 Å². The first-order valence-electron chi connectivity index (χ1n) is 7.78. The van der Waals surface area contributed by atoms with Crippen LogP contribution < -0.4 is 5.32 Å². The van der Waals surface area contributed by atoms with Crippen LogP contribution in [0.5, 0.6) is 0 Å². The van der Waals surface area contributed by atoms with Gasteiger partial charge in [0.15, 0.2) is 0 Å². The summed E-state index contributed by atoms with van der Waals surface area (Å²) in [5, 5.41) is 8.31. The van der Waals surface area contributed by atoms with Crippen molar-refractivity contribution in [3.05, 3.63) is 11.4 Å². The Morgan fingerprint density at radius 1 is 1.32 bits per heavy atom. The molecule has 0 spiro atoms. The molecule has 0 radical (unpaired) electrons. The third-order valence-electron chi connectivity index (χ3n) is 4.43. The third-order valence-corrected chi connectivity index (χ3v) is 4.43. The molecule has 1 saturated carbocycles. The van der Waals surface area contributed by atoms with Crippen molar-refractivity contribution >= 4 is 5.69 Å². The molecule has 1 aromatic heterocycles. The number of aromatic nitrogens is 2. The number of nitrogens with zero attached hydrogens (tertiary/aromatic N) is 2. The minimum absolute atomic E-state index is 0.434. The smallest absolute Gasteiger partial charge is 0.0828 e. The highest BCUT2D eigenvalue weighted by molar-refractivity contribution is 5.52. The third kappa shape index (κ3) is 3.31. The maximum atomic E-state index is 4.64. The molecule has 1 heterocycles. The zero-order valence-corrected chi connectivity index (χ0v) is 13.2. The highest BCUT2D eigenvalue weighted by Gasteiger charge is 2.20. The molecule has 1 N–H and O–H groups in total. The molecule has 1 aromatic rings. The number of aryl methyl sites for hydroxylation is 1. The molecular formula is C16H29N3. The van der Waals surface area contributed by atoms with Gasteiger partial charge in [-0.05, 0) is 52.4 Å². The lowest BCUT2D eigenvalue weighted by Crippen LogP contribution is -2.21. The van der Waals surface area contributed by atoms with Crippen LogP contribution in [-0.4, -0.2) is 16.3 Å². The summed E-state index contributed by atoms with van der Waals surface area (Å²) in [4.78, 5) is 0. The largest absolute Gasteiger partial charge is 0.382 e. The Labute approximate surface area is 117 Å². The first-order valence-corrected chi connectivity index (χ1v) is 7.78. The topological polar surface area (TPSA) is 29.9 Å². The lowest BCUT2D eigenvalue weighted by molar-refractivity contribution is 0.293. The van der Waals surface area contributed by atoms with Crippen molar-refractivity contribution in [2.75, 3.05) is 11.9 Å². The van der Waals surface area contributed by atoms with Crippen molar-refractivity contribution < 1.29 is 0 Å². The van der Waals surface area contributed by atoms with Gasteiger partial charge < -0.3 is 5.32 Å². The Morgan fingerprint density at radius 2 is 2.05 bits per heavy atom. The number of hydrogen-bond donors (Lipinski definition) is 1. The second kappa shape index (κ2) is 5.98. The molecule has 0 bridgehead atoms. The minimum atomic E-state index is 0.434. The molecule has 0 aromatic carbocycles. The quantitative estimate of drug-likeness (QED) is 0.876. The molecule has 3 nitrogen and oxygen atoms in total. The fraction of sp³-hybridized carbons (Fsp3) is 0.812. The number of rotatable bonds is 4. The summed E-state index contributed by atoms with van der Waals surface area (Å²) >= 11 is 0. The molecule has 0 amide bonds. The molecule has 1 fully saturated rings. The molecule has 2 atom stereocenters. The van der Waals surface area contributed by atoms with Crippen LogP contribution in [0.25, 0.3) is 0 Å². The van der Waals surface area contributed by atoms with Crippen LogP contribution in [-0.2, 0) is 0 Å². The van der Waals surface area contributed by atoms with Crippen molar-refractivity contribution in [3.63, 3.8) is 0 Å². The molecule has 2 rings (SSSR count). The van der Waals surface area contributed by atoms with Gasteiger partial charge in [-0.15, -0.1) is 0 Å². The first-order chi connectivity index (χ1) is 8.99. The van der Waals surface area contributed by atoms with Crippen molar-refractivity contribution in [1.82, 2.24) is 9.78 Å². The Balaban J connectivity index is 1.99. The molecule has 2 unspecified atom stereocenters. The van der Waals surface area contributed by atoms with Gasteiger partial charge in [-0.2, -0.15) is 5.10 Å². The van der Waals surface area contributed by atoms with E-state index in [0.29, 0.717) is 6.04 Å². The molecular weight excluding hydrogens is 234 g/mol. The van der Waals surface area contributed by atoms with Gasteiger partial charge >= 0.3 is 0 Å². The summed E-state index contributed by atoms with van der Waals surface area (Å²) < 4.78 is 2.13. The summed E-state index contributed by atoms with van der Waals surface area (Å²) in [7, 11) is 0. The van der Waals surface area contributed by atoms with E-state index in [0.717, 1.165) is 24.1 Å². The van der Waals surface area contributed by atoms with Gasteiger partial charge in [-0.25, -0.2) is 0 Å². The highest BCUT2D eigenvalue weighted by Crippen LogP contribution is 2.30. The van der Waals surface area contributed by atoms with Crippen molar-refractivity contribution in [1.29, 1.82) is 0 Å². The normalized spacial score (nSPS) is 23.9. The zero-order chi connectivity index (χ0) is 14.0. The molecule has 108 valence electrons. The van der Waals surface area contributed by atoms with E-state index in [2.05, 4.69) is 49.7 Å². The Morgan fingerprint density at radius 3 is 2.63 bits per heavy atom. The summed E-state index contributed by atoms with van der Waals surface area (Å²) in [5.41, 5.74) is 3.67. The lowest BCUT2D eigenvalue weighted by atomic mass is 9.82. The number of anilines is 1. The summed E-state index contributed by atoms with van der Waals surface area (Å²) in [6.07, 6.45) is 5.58. The predicted molar refractivity (Wildman–Crippen MR) is 81.7 cm³/mol. The highest BCUT2D eigenvalue weighted by atomic mass is 15.3. The molecule has 1 aliphatic rings. The second-order valence-electron chi connectivity index (χ2n) is 6.60. The fourth-order valence-electron chi connectivity index (χ4n) is 3.41. The van der Waals surface area contributed by atoms with Crippen LogP contribution in [0.3, 0.4) is 0 Å². The van der Waals surface area contributed by atoms with Gasteiger partial charge in [-0.1, -0.05) is 19.8 Å². The van der Waals surface area contributed by atoms with E-state index < -0.39 is 0 Å². The van der Waals surface area contributed by atoms with Crippen LogP contribution in [0.1, 0.15) is 63.9 Å². The first kappa shape index (κ1) is 14.4. The molecule has 0 aliphatic heterocycles. The molecule has 3 heteroatoms. The van der Waals surface area contributed by atoms with E-state index in [-0.39, 0.29) is 0 Å². The van der Waals surface area contributed by atoms with Crippen molar-refractivity contribution in [2.45, 2.75) is 66.3 Å². The van der Waals surface area contributed by atoms with Crippen LogP contribution in [0.15, 0.2) is 0 Å². The fourth-order valence-corrected chi connectivity index (χ4v) is 3.41. The Hall–Kier alpha value is -0.990. The Kier molecular flexibility index (Phi) is 4.54. The number of nitrogens with one attached hydrogen (secondary N) is 1. The van der Waals surface area contributed by atoms with Crippen LogP contribution >= 0.6 is 0 Å². The average molecular weight is 263 g/mol. The van der Waals surface area contributed by atoms with Gasteiger partial charge in [0.1, 0.15) is 0 Å². The summed E-state index contributed by atoms with van der Waals surface area (Å²) in [5.74, 6) is 1.74. The maximum absolute atomic E-state index is 4.64. The average Bonchev–Trinajstić information content (AvgIpc) is 2.63. The predicted octanol–water partition coefficient (Wildman–Crippen LogP) is 4.32. The Bertz CT molecular complexity index is 420. The minimum Gasteiger partial charge on any atom is -0.382 e. The van der Waals surface area contributed by atoms with Gasteiger partial charge in [0.05, 0.1) is 17.1 Å². The van der Waals surface area contributed by atoms with E-state index >= 15 is 0 Å².